The lowest BCUT2D eigenvalue weighted by Gasteiger charge is -2.11. The van der Waals surface area contributed by atoms with Crippen LogP contribution in [0.2, 0.25) is 5.02 Å². The van der Waals surface area contributed by atoms with Crippen molar-refractivity contribution in [3.05, 3.63) is 70.9 Å². The van der Waals surface area contributed by atoms with Gasteiger partial charge in [0.05, 0.1) is 33.4 Å². The summed E-state index contributed by atoms with van der Waals surface area (Å²) in [6.07, 6.45) is 1.56. The second kappa shape index (κ2) is 10.5. The highest BCUT2D eigenvalue weighted by Gasteiger charge is 2.13. The number of hydrogen-bond acceptors (Lipinski definition) is 6. The van der Waals surface area contributed by atoms with Crippen LogP contribution in [0.1, 0.15) is 11.1 Å². The molecule has 1 heterocycles. The molecule has 0 aliphatic rings. The van der Waals surface area contributed by atoms with E-state index in [-0.39, 0.29) is 6.42 Å². The van der Waals surface area contributed by atoms with Gasteiger partial charge in [0, 0.05) is 11.1 Å². The Morgan fingerprint density at radius 1 is 1.06 bits per heavy atom. The molecule has 8 nitrogen and oxygen atoms in total. The van der Waals surface area contributed by atoms with E-state index in [0.717, 1.165) is 5.56 Å². The van der Waals surface area contributed by atoms with Crippen molar-refractivity contribution in [3.8, 4) is 11.5 Å². The van der Waals surface area contributed by atoms with E-state index in [1.807, 2.05) is 18.2 Å². The van der Waals surface area contributed by atoms with Crippen molar-refractivity contribution in [3.63, 3.8) is 0 Å². The molecular formula is C22H22ClN3O5. The summed E-state index contributed by atoms with van der Waals surface area (Å²) in [5.74, 6) is 0.541. The van der Waals surface area contributed by atoms with Crippen molar-refractivity contribution in [1.29, 1.82) is 0 Å². The second-order valence-corrected chi connectivity index (χ2v) is 6.95. The van der Waals surface area contributed by atoms with Crippen LogP contribution in [-0.2, 0) is 27.3 Å². The lowest BCUT2D eigenvalue weighted by Crippen LogP contribution is -2.23. The van der Waals surface area contributed by atoms with Gasteiger partial charge in [0.1, 0.15) is 5.82 Å². The van der Waals surface area contributed by atoms with Gasteiger partial charge in [0.2, 0.25) is 0 Å². The standard InChI is InChI=1S/C22H22ClN3O5/c1-29-18-8-7-15(11-19(18)30-2)12-22(28)31-14-21(27)25-20-9-10-24-26(20)13-16-5-3-4-6-17(16)23/h3-11H,12-14H2,1-2H3,(H,25,27). The third-order valence-electron chi connectivity index (χ3n) is 4.42. The number of esters is 1. The molecule has 0 aliphatic carbocycles. The summed E-state index contributed by atoms with van der Waals surface area (Å²) in [7, 11) is 3.05. The molecule has 1 aromatic heterocycles. The van der Waals surface area contributed by atoms with Crippen LogP contribution in [0.5, 0.6) is 11.5 Å². The number of methoxy groups -OCH3 is 2. The van der Waals surface area contributed by atoms with Gasteiger partial charge in [0.15, 0.2) is 18.1 Å². The summed E-state index contributed by atoms with van der Waals surface area (Å²) in [5, 5.41) is 7.50. The molecule has 0 aliphatic heterocycles. The molecule has 1 amide bonds. The molecule has 0 bridgehead atoms. The third kappa shape index (κ3) is 5.99. The van der Waals surface area contributed by atoms with Crippen LogP contribution in [0.15, 0.2) is 54.7 Å². The molecular weight excluding hydrogens is 422 g/mol. The fourth-order valence-corrected chi connectivity index (χ4v) is 3.08. The van der Waals surface area contributed by atoms with E-state index in [0.29, 0.717) is 34.4 Å². The number of aromatic nitrogens is 2. The SMILES string of the molecule is COc1ccc(CC(=O)OCC(=O)Nc2ccnn2Cc2ccccc2Cl)cc1OC. The molecule has 0 saturated heterocycles. The second-order valence-electron chi connectivity index (χ2n) is 6.54. The van der Waals surface area contributed by atoms with Crippen molar-refractivity contribution in [2.24, 2.45) is 0 Å². The van der Waals surface area contributed by atoms with Crippen LogP contribution >= 0.6 is 11.6 Å². The van der Waals surface area contributed by atoms with E-state index in [1.165, 1.54) is 14.2 Å². The molecule has 3 aromatic rings. The Labute approximate surface area is 184 Å². The Kier molecular flexibility index (Phi) is 7.50. The molecule has 0 atom stereocenters. The minimum atomic E-state index is -0.535. The Bertz CT molecular complexity index is 1070. The Balaban J connectivity index is 1.52. The van der Waals surface area contributed by atoms with Gasteiger partial charge in [-0.1, -0.05) is 35.9 Å². The van der Waals surface area contributed by atoms with Crippen molar-refractivity contribution < 1.29 is 23.8 Å². The minimum Gasteiger partial charge on any atom is -0.493 e. The molecule has 0 spiro atoms. The maximum absolute atomic E-state index is 12.2. The number of amides is 1. The van der Waals surface area contributed by atoms with E-state index in [1.54, 1.807) is 41.2 Å². The average Bonchev–Trinajstić information content (AvgIpc) is 3.20. The first-order valence-corrected chi connectivity index (χ1v) is 9.79. The summed E-state index contributed by atoms with van der Waals surface area (Å²) < 4.78 is 17.1. The molecule has 0 radical (unpaired) electrons. The first kappa shape index (κ1) is 22.2. The molecule has 0 saturated carbocycles. The number of benzene rings is 2. The van der Waals surface area contributed by atoms with E-state index in [4.69, 9.17) is 25.8 Å². The monoisotopic (exact) mass is 443 g/mol. The first-order chi connectivity index (χ1) is 15.0. The van der Waals surface area contributed by atoms with Crippen LogP contribution in [0.4, 0.5) is 5.82 Å². The minimum absolute atomic E-state index is 0.00191. The van der Waals surface area contributed by atoms with Crippen molar-refractivity contribution in [2.45, 2.75) is 13.0 Å². The number of carbonyl (C=O) groups is 2. The predicted octanol–water partition coefficient (Wildman–Crippen LogP) is 3.33. The van der Waals surface area contributed by atoms with Gasteiger partial charge in [-0.25, -0.2) is 4.68 Å². The topological polar surface area (TPSA) is 91.7 Å². The van der Waals surface area contributed by atoms with Gasteiger partial charge in [-0.15, -0.1) is 0 Å². The zero-order chi connectivity index (χ0) is 22.2. The van der Waals surface area contributed by atoms with E-state index in [2.05, 4.69) is 10.4 Å². The Morgan fingerprint density at radius 2 is 1.84 bits per heavy atom. The number of carbonyl (C=O) groups excluding carboxylic acids is 2. The number of rotatable bonds is 9. The average molecular weight is 444 g/mol. The summed E-state index contributed by atoms with van der Waals surface area (Å²) in [6.45, 7) is -0.0230. The maximum atomic E-state index is 12.2. The van der Waals surface area contributed by atoms with Crippen LogP contribution in [0.25, 0.3) is 0 Å². The number of halogens is 1. The lowest BCUT2D eigenvalue weighted by atomic mass is 10.1. The predicted molar refractivity (Wildman–Crippen MR) is 116 cm³/mol. The van der Waals surface area contributed by atoms with Crippen LogP contribution in [0.3, 0.4) is 0 Å². The quantitative estimate of drug-likeness (QED) is 0.510. The van der Waals surface area contributed by atoms with Gasteiger partial charge in [0.25, 0.3) is 5.91 Å². The molecule has 9 heteroatoms. The van der Waals surface area contributed by atoms with E-state index < -0.39 is 18.5 Å². The summed E-state index contributed by atoms with van der Waals surface area (Å²) in [5.41, 5.74) is 1.55. The lowest BCUT2D eigenvalue weighted by molar-refractivity contribution is -0.146. The highest BCUT2D eigenvalue weighted by atomic mass is 35.5. The fourth-order valence-electron chi connectivity index (χ4n) is 2.89. The molecule has 3 rings (SSSR count). The molecule has 1 N–H and O–H groups in total. The highest BCUT2D eigenvalue weighted by molar-refractivity contribution is 6.31. The summed E-state index contributed by atoms with van der Waals surface area (Å²) >= 11 is 6.19. The van der Waals surface area contributed by atoms with Gasteiger partial charge in [-0.05, 0) is 29.3 Å². The number of hydrogen-bond donors (Lipinski definition) is 1. The third-order valence-corrected chi connectivity index (χ3v) is 4.79. The molecule has 0 fully saturated rings. The largest absolute Gasteiger partial charge is 0.493 e. The molecule has 2 aromatic carbocycles. The number of nitrogens with one attached hydrogen (secondary N) is 1. The van der Waals surface area contributed by atoms with Crippen LogP contribution < -0.4 is 14.8 Å². The van der Waals surface area contributed by atoms with Crippen molar-refractivity contribution in [2.75, 3.05) is 26.1 Å². The van der Waals surface area contributed by atoms with Gasteiger partial charge >= 0.3 is 5.97 Å². The smallest absolute Gasteiger partial charge is 0.310 e. The van der Waals surface area contributed by atoms with Crippen LogP contribution in [0, 0.1) is 0 Å². The Morgan fingerprint density at radius 3 is 2.58 bits per heavy atom. The Hall–Kier alpha value is -3.52. The molecule has 0 unspecified atom stereocenters. The van der Waals surface area contributed by atoms with Gasteiger partial charge in [-0.3, -0.25) is 9.59 Å². The van der Waals surface area contributed by atoms with Crippen LogP contribution in [-0.4, -0.2) is 42.5 Å². The van der Waals surface area contributed by atoms with Crippen molar-refractivity contribution >= 4 is 29.3 Å². The summed E-state index contributed by atoms with van der Waals surface area (Å²) in [4.78, 5) is 24.3. The zero-order valence-corrected chi connectivity index (χ0v) is 17.9. The zero-order valence-electron chi connectivity index (χ0n) is 17.1. The number of anilines is 1. The fraction of sp³-hybridized carbons (Fsp3) is 0.227. The van der Waals surface area contributed by atoms with E-state index in [9.17, 15) is 9.59 Å². The molecule has 31 heavy (non-hydrogen) atoms. The maximum Gasteiger partial charge on any atom is 0.310 e. The van der Waals surface area contributed by atoms with Crippen molar-refractivity contribution in [1.82, 2.24) is 9.78 Å². The summed E-state index contributed by atoms with van der Waals surface area (Å²) in [6, 6.07) is 14.2. The highest BCUT2D eigenvalue weighted by Crippen LogP contribution is 2.27. The number of ether oxygens (including phenoxy) is 3. The number of nitrogens with zero attached hydrogens (tertiary/aromatic N) is 2. The normalized spacial score (nSPS) is 10.4. The van der Waals surface area contributed by atoms with E-state index >= 15 is 0 Å². The first-order valence-electron chi connectivity index (χ1n) is 9.41. The molecule has 162 valence electrons. The van der Waals surface area contributed by atoms with Gasteiger partial charge < -0.3 is 19.5 Å². The van der Waals surface area contributed by atoms with Gasteiger partial charge in [-0.2, -0.15) is 5.10 Å².